The maximum atomic E-state index is 11.2. The van der Waals surface area contributed by atoms with Crippen molar-refractivity contribution in [3.63, 3.8) is 0 Å². The summed E-state index contributed by atoms with van der Waals surface area (Å²) in [6.45, 7) is 5.56. The molecule has 3 atom stereocenters. The van der Waals surface area contributed by atoms with E-state index in [9.17, 15) is 8.42 Å². The van der Waals surface area contributed by atoms with Crippen molar-refractivity contribution in [2.45, 2.75) is 64.8 Å². The minimum absolute atomic E-state index is 0.348. The fourth-order valence-electron chi connectivity index (χ4n) is 3.26. The molecule has 4 heteroatoms. The summed E-state index contributed by atoms with van der Waals surface area (Å²) in [6.07, 6.45) is 9.54. The Kier molecular flexibility index (Phi) is 7.37. The van der Waals surface area contributed by atoms with Gasteiger partial charge in [-0.2, -0.15) is 0 Å². The molecule has 1 saturated carbocycles. The van der Waals surface area contributed by atoms with Crippen molar-refractivity contribution >= 4 is 9.84 Å². The van der Waals surface area contributed by atoms with Crippen molar-refractivity contribution in [1.29, 1.82) is 0 Å². The molecule has 0 aromatic carbocycles. The molecule has 0 amide bonds. The van der Waals surface area contributed by atoms with Crippen LogP contribution in [-0.2, 0) is 9.84 Å². The van der Waals surface area contributed by atoms with Crippen LogP contribution < -0.4 is 5.32 Å². The van der Waals surface area contributed by atoms with Crippen molar-refractivity contribution in [3.8, 4) is 0 Å². The first-order valence-corrected chi connectivity index (χ1v) is 9.93. The van der Waals surface area contributed by atoms with E-state index in [4.69, 9.17) is 0 Å². The Morgan fingerprint density at radius 1 is 1.21 bits per heavy atom. The monoisotopic (exact) mass is 289 g/mol. The second-order valence-electron chi connectivity index (χ2n) is 6.18. The van der Waals surface area contributed by atoms with Gasteiger partial charge in [-0.15, -0.1) is 0 Å². The average molecular weight is 289 g/mol. The molecule has 0 heterocycles. The molecular formula is C15H31NO2S. The van der Waals surface area contributed by atoms with Crippen molar-refractivity contribution in [2.75, 3.05) is 18.6 Å². The maximum absolute atomic E-state index is 11.2. The van der Waals surface area contributed by atoms with Gasteiger partial charge in [0.1, 0.15) is 9.84 Å². The molecule has 1 aliphatic rings. The second-order valence-corrected chi connectivity index (χ2v) is 8.44. The lowest BCUT2D eigenvalue weighted by atomic mass is 9.75. The molecule has 0 bridgehead atoms. The van der Waals surface area contributed by atoms with Crippen LogP contribution in [0.2, 0.25) is 0 Å². The lowest BCUT2D eigenvalue weighted by Crippen LogP contribution is -2.41. The molecule has 0 radical (unpaired) electrons. The Hall–Kier alpha value is -0.0900. The summed E-state index contributed by atoms with van der Waals surface area (Å²) >= 11 is 0. The maximum Gasteiger partial charge on any atom is 0.147 e. The van der Waals surface area contributed by atoms with Gasteiger partial charge in [-0.25, -0.2) is 8.42 Å². The highest BCUT2D eigenvalue weighted by Gasteiger charge is 2.29. The summed E-state index contributed by atoms with van der Waals surface area (Å²) in [5.41, 5.74) is 0. The van der Waals surface area contributed by atoms with Gasteiger partial charge in [0.15, 0.2) is 0 Å². The lowest BCUT2D eigenvalue weighted by molar-refractivity contribution is 0.189. The Bertz CT molecular complexity index is 340. The van der Waals surface area contributed by atoms with Gasteiger partial charge in [-0.05, 0) is 56.9 Å². The molecule has 19 heavy (non-hydrogen) atoms. The van der Waals surface area contributed by atoms with E-state index in [-0.39, 0.29) is 0 Å². The quantitative estimate of drug-likeness (QED) is 0.747. The molecule has 1 rings (SSSR count). The minimum atomic E-state index is -2.80. The van der Waals surface area contributed by atoms with Crippen LogP contribution in [0.15, 0.2) is 0 Å². The first kappa shape index (κ1) is 17.0. The average Bonchev–Trinajstić information content (AvgIpc) is 2.35. The normalized spacial score (nSPS) is 28.5. The van der Waals surface area contributed by atoms with Gasteiger partial charge < -0.3 is 5.32 Å². The molecule has 0 aromatic heterocycles. The van der Waals surface area contributed by atoms with Gasteiger partial charge in [0.25, 0.3) is 0 Å². The summed E-state index contributed by atoms with van der Waals surface area (Å²) in [4.78, 5) is 0. The van der Waals surface area contributed by atoms with E-state index in [1.165, 1.54) is 38.4 Å². The topological polar surface area (TPSA) is 46.2 Å². The highest BCUT2D eigenvalue weighted by Crippen LogP contribution is 2.34. The summed E-state index contributed by atoms with van der Waals surface area (Å²) < 4.78 is 22.5. The Morgan fingerprint density at radius 3 is 2.53 bits per heavy atom. The molecular weight excluding hydrogens is 258 g/mol. The van der Waals surface area contributed by atoms with Gasteiger partial charge in [-0.3, -0.25) is 0 Å². The zero-order chi connectivity index (χ0) is 14.3. The predicted molar refractivity (Wildman–Crippen MR) is 82.1 cm³/mol. The Labute approximate surface area is 119 Å². The lowest BCUT2D eigenvalue weighted by Gasteiger charge is -2.36. The number of nitrogens with one attached hydrogen (secondary N) is 1. The Morgan fingerprint density at radius 2 is 1.95 bits per heavy atom. The van der Waals surface area contributed by atoms with Crippen LogP contribution in [0.4, 0.5) is 0 Å². The molecule has 1 aliphatic carbocycles. The van der Waals surface area contributed by atoms with E-state index in [2.05, 4.69) is 19.2 Å². The highest BCUT2D eigenvalue weighted by atomic mass is 32.2. The minimum Gasteiger partial charge on any atom is -0.314 e. The van der Waals surface area contributed by atoms with E-state index in [0.29, 0.717) is 17.7 Å². The highest BCUT2D eigenvalue weighted by molar-refractivity contribution is 7.90. The largest absolute Gasteiger partial charge is 0.314 e. The van der Waals surface area contributed by atoms with Crippen LogP contribution in [0.25, 0.3) is 0 Å². The zero-order valence-electron chi connectivity index (χ0n) is 12.8. The van der Waals surface area contributed by atoms with Gasteiger partial charge in [0.05, 0.1) is 0 Å². The van der Waals surface area contributed by atoms with Crippen LogP contribution in [0, 0.1) is 11.8 Å². The van der Waals surface area contributed by atoms with Crippen LogP contribution in [0.1, 0.15) is 58.8 Å². The fourth-order valence-corrected chi connectivity index (χ4v) is 3.95. The van der Waals surface area contributed by atoms with Gasteiger partial charge in [-0.1, -0.05) is 20.3 Å². The second kappa shape index (κ2) is 8.25. The fraction of sp³-hybridized carbons (Fsp3) is 1.00. The summed E-state index contributed by atoms with van der Waals surface area (Å²) in [7, 11) is -2.80. The molecule has 0 aliphatic heterocycles. The summed E-state index contributed by atoms with van der Waals surface area (Å²) in [5, 5.41) is 3.66. The first-order chi connectivity index (χ1) is 8.96. The molecule has 1 fully saturated rings. The van der Waals surface area contributed by atoms with Crippen molar-refractivity contribution in [2.24, 2.45) is 11.8 Å². The number of hydrogen-bond acceptors (Lipinski definition) is 3. The predicted octanol–water partition coefficient (Wildman–Crippen LogP) is 3.01. The summed E-state index contributed by atoms with van der Waals surface area (Å²) in [5.74, 6) is 1.87. The number of rotatable bonds is 8. The van der Waals surface area contributed by atoms with E-state index >= 15 is 0 Å². The molecule has 3 nitrogen and oxygen atoms in total. The van der Waals surface area contributed by atoms with Crippen LogP contribution in [-0.4, -0.2) is 33.0 Å². The SMILES string of the molecule is CCCNC1CCC(CC)CC1CCCS(C)(=O)=O. The zero-order valence-corrected chi connectivity index (χ0v) is 13.6. The molecule has 0 aromatic rings. The van der Waals surface area contributed by atoms with Crippen molar-refractivity contribution < 1.29 is 8.42 Å². The van der Waals surface area contributed by atoms with Crippen molar-refractivity contribution in [1.82, 2.24) is 5.32 Å². The van der Waals surface area contributed by atoms with E-state index in [1.807, 2.05) is 0 Å². The molecule has 0 saturated heterocycles. The first-order valence-electron chi connectivity index (χ1n) is 7.87. The van der Waals surface area contributed by atoms with E-state index in [0.717, 1.165) is 25.3 Å². The smallest absolute Gasteiger partial charge is 0.147 e. The third-order valence-electron chi connectivity index (χ3n) is 4.41. The van der Waals surface area contributed by atoms with Crippen LogP contribution in [0.5, 0.6) is 0 Å². The van der Waals surface area contributed by atoms with Gasteiger partial charge in [0, 0.05) is 18.1 Å². The molecule has 0 spiro atoms. The summed E-state index contributed by atoms with van der Waals surface area (Å²) in [6, 6.07) is 0.613. The number of sulfone groups is 1. The standard InChI is InChI=1S/C15H31NO2S/c1-4-10-16-15-9-8-13(5-2)12-14(15)7-6-11-19(3,17)18/h13-16H,4-12H2,1-3H3. The molecule has 114 valence electrons. The molecule has 3 unspecified atom stereocenters. The van der Waals surface area contributed by atoms with E-state index < -0.39 is 9.84 Å². The van der Waals surface area contributed by atoms with Crippen molar-refractivity contribution in [3.05, 3.63) is 0 Å². The Balaban J connectivity index is 2.45. The third-order valence-corrected chi connectivity index (χ3v) is 5.45. The number of hydrogen-bond donors (Lipinski definition) is 1. The van der Waals surface area contributed by atoms with Crippen LogP contribution in [0.3, 0.4) is 0 Å². The molecule has 1 N–H and O–H groups in total. The van der Waals surface area contributed by atoms with Crippen LogP contribution >= 0.6 is 0 Å². The van der Waals surface area contributed by atoms with Gasteiger partial charge in [0.2, 0.25) is 0 Å². The van der Waals surface area contributed by atoms with Gasteiger partial charge >= 0.3 is 0 Å². The third kappa shape index (κ3) is 6.75. The van der Waals surface area contributed by atoms with E-state index in [1.54, 1.807) is 0 Å².